The number of nitrogens with zero attached hydrogens (tertiary/aromatic N) is 1. The topological polar surface area (TPSA) is 0 Å². The molecular weight excluding hydrogens is 242 g/mol. The molecule has 0 aliphatic carbocycles. The second kappa shape index (κ2) is 7.83. The molecule has 0 unspecified atom stereocenters. The van der Waals surface area contributed by atoms with Crippen molar-refractivity contribution in [2.75, 3.05) is 19.6 Å². The maximum Gasteiger partial charge on any atom is 0.132 e. The molecule has 1 nitrogen and oxygen atoms in total. The van der Waals surface area contributed by atoms with Crippen molar-refractivity contribution in [3.05, 3.63) is 29.8 Å². The molecule has 0 radical (unpaired) electrons. The summed E-state index contributed by atoms with van der Waals surface area (Å²) in [5.41, 5.74) is 2.94. The number of hydrogen-bond acceptors (Lipinski definition) is 0. The van der Waals surface area contributed by atoms with Crippen molar-refractivity contribution in [2.45, 2.75) is 65.2 Å². The second-order valence-corrected chi connectivity index (χ2v) is 6.63. The first-order chi connectivity index (χ1) is 9.77. The highest BCUT2D eigenvalue weighted by Gasteiger charge is 2.31. The van der Waals surface area contributed by atoms with Crippen LogP contribution in [0.25, 0.3) is 0 Å². The summed E-state index contributed by atoms with van der Waals surface area (Å²) in [5.74, 6) is 0. The zero-order valence-electron chi connectivity index (χ0n) is 13.5. The highest BCUT2D eigenvalue weighted by Crippen LogP contribution is 2.29. The molecule has 0 saturated carbocycles. The van der Waals surface area contributed by atoms with Crippen LogP contribution >= 0.6 is 0 Å². The van der Waals surface area contributed by atoms with Gasteiger partial charge in [0.25, 0.3) is 0 Å². The lowest BCUT2D eigenvalue weighted by Crippen LogP contribution is -2.53. The zero-order valence-corrected chi connectivity index (χ0v) is 13.5. The largest absolute Gasteiger partial charge is 0.291 e. The van der Waals surface area contributed by atoms with Crippen LogP contribution < -0.4 is 4.48 Å². The lowest BCUT2D eigenvalue weighted by atomic mass is 10.0. The molecule has 20 heavy (non-hydrogen) atoms. The average Bonchev–Trinajstić information content (AvgIpc) is 2.49. The van der Waals surface area contributed by atoms with Crippen LogP contribution in [0.3, 0.4) is 0 Å². The van der Waals surface area contributed by atoms with Crippen LogP contribution in [0.15, 0.2) is 24.3 Å². The van der Waals surface area contributed by atoms with Crippen LogP contribution in [0.2, 0.25) is 0 Å². The molecule has 0 aromatic heterocycles. The van der Waals surface area contributed by atoms with Crippen molar-refractivity contribution in [1.82, 2.24) is 4.48 Å². The van der Waals surface area contributed by atoms with Crippen molar-refractivity contribution in [2.24, 2.45) is 0 Å². The number of hydrogen-bond donors (Lipinski definition) is 0. The van der Waals surface area contributed by atoms with Gasteiger partial charge in [-0.15, -0.1) is 0 Å². The molecule has 1 saturated heterocycles. The third-order valence-electron chi connectivity index (χ3n) is 4.94. The van der Waals surface area contributed by atoms with Crippen LogP contribution in [0, 0.1) is 6.92 Å². The predicted octanol–water partition coefficient (Wildman–Crippen LogP) is 5.46. The number of unbranched alkanes of at least 4 members (excludes halogenated alkanes) is 4. The molecule has 1 aliphatic heterocycles. The van der Waals surface area contributed by atoms with Crippen LogP contribution in [-0.2, 0) is 0 Å². The Hall–Kier alpha value is -0.820. The summed E-state index contributed by atoms with van der Waals surface area (Å²) in [6.07, 6.45) is 11.2. The minimum Gasteiger partial charge on any atom is -0.291 e. The van der Waals surface area contributed by atoms with E-state index < -0.39 is 0 Å². The van der Waals surface area contributed by atoms with E-state index in [4.69, 9.17) is 0 Å². The highest BCUT2D eigenvalue weighted by molar-refractivity contribution is 5.44. The van der Waals surface area contributed by atoms with Crippen molar-refractivity contribution >= 4 is 5.69 Å². The summed E-state index contributed by atoms with van der Waals surface area (Å²) in [6.45, 7) is 8.56. The monoisotopic (exact) mass is 274 g/mol. The fourth-order valence-corrected chi connectivity index (χ4v) is 3.61. The molecule has 1 heteroatoms. The summed E-state index contributed by atoms with van der Waals surface area (Å²) in [7, 11) is 0. The molecule has 0 bridgehead atoms. The molecule has 0 spiro atoms. The van der Waals surface area contributed by atoms with Gasteiger partial charge < -0.3 is 0 Å². The summed E-state index contributed by atoms with van der Waals surface area (Å²) in [5, 5.41) is 0. The van der Waals surface area contributed by atoms with E-state index in [0.29, 0.717) is 0 Å². The molecule has 1 aromatic carbocycles. The Morgan fingerprint density at radius 3 is 2.15 bits per heavy atom. The van der Waals surface area contributed by atoms with Gasteiger partial charge in [0.2, 0.25) is 0 Å². The third kappa shape index (κ3) is 4.09. The number of likely N-dealkylation sites (tertiary alicyclic amines) is 1. The lowest BCUT2D eigenvalue weighted by molar-refractivity contribution is 0.224. The molecule has 0 N–H and O–H groups in total. The summed E-state index contributed by atoms with van der Waals surface area (Å²) in [6, 6.07) is 9.35. The Morgan fingerprint density at radius 1 is 0.850 bits per heavy atom. The van der Waals surface area contributed by atoms with Gasteiger partial charge in [0.05, 0.1) is 19.6 Å². The number of aryl methyl sites for hydroxylation is 1. The van der Waals surface area contributed by atoms with Crippen molar-refractivity contribution in [1.29, 1.82) is 0 Å². The molecule has 1 aromatic rings. The lowest BCUT2D eigenvalue weighted by Gasteiger charge is -2.41. The van der Waals surface area contributed by atoms with Gasteiger partial charge >= 0.3 is 0 Å². The Morgan fingerprint density at radius 2 is 1.50 bits per heavy atom. The van der Waals surface area contributed by atoms with Crippen LogP contribution in [-0.4, -0.2) is 19.6 Å². The normalized spacial score (nSPS) is 18.1. The number of benzene rings is 1. The van der Waals surface area contributed by atoms with Crippen LogP contribution in [0.1, 0.15) is 63.9 Å². The zero-order chi connectivity index (χ0) is 14.3. The number of rotatable bonds is 7. The maximum absolute atomic E-state index is 2.38. The minimum atomic E-state index is 1.26. The maximum atomic E-state index is 2.38. The molecule has 0 amide bonds. The Labute approximate surface area is 125 Å². The number of quaternary nitrogens is 1. The smallest absolute Gasteiger partial charge is 0.132 e. The van der Waals surface area contributed by atoms with E-state index in [1.165, 1.54) is 81.0 Å². The van der Waals surface area contributed by atoms with E-state index in [-0.39, 0.29) is 0 Å². The Balaban J connectivity index is 1.99. The Kier molecular flexibility index (Phi) is 6.09. The van der Waals surface area contributed by atoms with Crippen LogP contribution in [0.5, 0.6) is 0 Å². The fourth-order valence-electron chi connectivity index (χ4n) is 3.61. The van der Waals surface area contributed by atoms with E-state index >= 15 is 0 Å². The van der Waals surface area contributed by atoms with Gasteiger partial charge in [-0.25, -0.2) is 0 Å². The van der Waals surface area contributed by atoms with Crippen molar-refractivity contribution < 1.29 is 0 Å². The quantitative estimate of drug-likeness (QED) is 0.458. The van der Waals surface area contributed by atoms with Gasteiger partial charge in [0.1, 0.15) is 5.69 Å². The second-order valence-electron chi connectivity index (χ2n) is 6.63. The van der Waals surface area contributed by atoms with Crippen molar-refractivity contribution in [3.8, 4) is 0 Å². The van der Waals surface area contributed by atoms with E-state index in [9.17, 15) is 0 Å². The van der Waals surface area contributed by atoms with E-state index in [1.54, 1.807) is 5.69 Å². The van der Waals surface area contributed by atoms with Crippen LogP contribution in [0.4, 0.5) is 5.69 Å². The van der Waals surface area contributed by atoms with E-state index in [2.05, 4.69) is 38.1 Å². The van der Waals surface area contributed by atoms with Gasteiger partial charge in [-0.1, -0.05) is 43.9 Å². The first-order valence-corrected chi connectivity index (χ1v) is 8.70. The van der Waals surface area contributed by atoms with Gasteiger partial charge in [-0.3, -0.25) is 4.48 Å². The van der Waals surface area contributed by atoms with E-state index in [1.807, 2.05) is 0 Å². The van der Waals surface area contributed by atoms with Gasteiger partial charge in [-0.2, -0.15) is 0 Å². The SMILES string of the molecule is CCCCCCC[N+]1(c2ccc(C)cc2)CCCCC1. The molecule has 1 heterocycles. The third-order valence-corrected chi connectivity index (χ3v) is 4.94. The van der Waals surface area contributed by atoms with Crippen molar-refractivity contribution in [3.63, 3.8) is 0 Å². The number of piperidine rings is 1. The van der Waals surface area contributed by atoms with E-state index in [0.717, 1.165) is 0 Å². The van der Waals surface area contributed by atoms with Gasteiger partial charge in [-0.05, 0) is 51.2 Å². The van der Waals surface area contributed by atoms with Gasteiger partial charge in [0.15, 0.2) is 0 Å². The molecule has 0 atom stereocenters. The molecule has 1 fully saturated rings. The molecule has 2 rings (SSSR count). The minimum absolute atomic E-state index is 1.26. The summed E-state index contributed by atoms with van der Waals surface area (Å²) >= 11 is 0. The molecular formula is C19H32N+. The molecule has 112 valence electrons. The first kappa shape index (κ1) is 15.6. The summed E-state index contributed by atoms with van der Waals surface area (Å²) in [4.78, 5) is 0. The molecule has 1 aliphatic rings. The average molecular weight is 274 g/mol. The first-order valence-electron chi connectivity index (χ1n) is 8.70. The van der Waals surface area contributed by atoms with Gasteiger partial charge in [0, 0.05) is 0 Å². The standard InChI is InChI=1S/C19H32N/c1-3-4-5-6-8-15-20(16-9-7-10-17-20)19-13-11-18(2)12-14-19/h11-14H,3-10,15-17H2,1-2H3/q+1. The highest BCUT2D eigenvalue weighted by atomic mass is 15.4. The Bertz CT molecular complexity index is 373. The predicted molar refractivity (Wildman–Crippen MR) is 90.2 cm³/mol. The summed E-state index contributed by atoms with van der Waals surface area (Å²) < 4.78 is 1.26. The fraction of sp³-hybridized carbons (Fsp3) is 0.684.